The first-order valence-corrected chi connectivity index (χ1v) is 8.22. The number of aromatic nitrogens is 3. The van der Waals surface area contributed by atoms with Crippen LogP contribution in [0.1, 0.15) is 10.4 Å². The molecule has 0 unspecified atom stereocenters. The molecule has 2 aromatic carbocycles. The first kappa shape index (κ1) is 16.6. The Morgan fingerprint density at radius 3 is 2.78 bits per heavy atom. The highest BCUT2D eigenvalue weighted by atomic mass is 16.5. The van der Waals surface area contributed by atoms with Gasteiger partial charge in [-0.25, -0.2) is 14.8 Å². The number of hydrogen-bond acceptors (Lipinski definition) is 5. The number of hydrogen-bond donors (Lipinski definition) is 3. The van der Waals surface area contributed by atoms with E-state index < -0.39 is 5.97 Å². The number of nitrogens with zero attached hydrogens (tertiary/aromatic N) is 2. The third-order valence-corrected chi connectivity index (χ3v) is 4.18. The Morgan fingerprint density at radius 1 is 1.11 bits per heavy atom. The lowest BCUT2D eigenvalue weighted by Gasteiger charge is -2.06. The molecule has 0 fully saturated rings. The van der Waals surface area contributed by atoms with Crippen LogP contribution in [-0.2, 0) is 0 Å². The van der Waals surface area contributed by atoms with E-state index >= 15 is 0 Å². The van der Waals surface area contributed by atoms with Crippen molar-refractivity contribution in [1.29, 1.82) is 0 Å². The summed E-state index contributed by atoms with van der Waals surface area (Å²) in [6, 6.07) is 16.2. The molecule has 7 heteroatoms. The maximum Gasteiger partial charge on any atom is 0.335 e. The number of aromatic carboxylic acids is 1. The Kier molecular flexibility index (Phi) is 4.18. The summed E-state index contributed by atoms with van der Waals surface area (Å²) < 4.78 is 5.28. The number of carbonyl (C=O) groups is 1. The third kappa shape index (κ3) is 3.30. The zero-order chi connectivity index (χ0) is 18.8. The van der Waals surface area contributed by atoms with Crippen LogP contribution in [0.4, 0.5) is 11.5 Å². The van der Waals surface area contributed by atoms with Crippen LogP contribution in [0.25, 0.3) is 22.3 Å². The highest BCUT2D eigenvalue weighted by Gasteiger charge is 2.11. The topological polar surface area (TPSA) is 100 Å². The minimum absolute atomic E-state index is 0.205. The van der Waals surface area contributed by atoms with E-state index in [0.717, 1.165) is 22.4 Å². The van der Waals surface area contributed by atoms with Gasteiger partial charge in [-0.15, -0.1) is 0 Å². The highest BCUT2D eigenvalue weighted by Crippen LogP contribution is 2.30. The van der Waals surface area contributed by atoms with Gasteiger partial charge in [-0.2, -0.15) is 0 Å². The van der Waals surface area contributed by atoms with E-state index in [1.165, 1.54) is 6.33 Å². The quantitative estimate of drug-likeness (QED) is 0.496. The van der Waals surface area contributed by atoms with Crippen molar-refractivity contribution >= 4 is 28.5 Å². The van der Waals surface area contributed by atoms with Crippen LogP contribution < -0.4 is 10.1 Å². The molecule has 4 rings (SSSR count). The molecule has 3 N–H and O–H groups in total. The lowest BCUT2D eigenvalue weighted by molar-refractivity contribution is 0.0697. The van der Waals surface area contributed by atoms with E-state index in [1.54, 1.807) is 31.4 Å². The molecule has 0 bridgehead atoms. The number of methoxy groups -OCH3 is 1. The Balaban J connectivity index is 1.73. The molecule has 0 radical (unpaired) electrons. The van der Waals surface area contributed by atoms with Crippen molar-refractivity contribution in [3.05, 3.63) is 66.5 Å². The van der Waals surface area contributed by atoms with Crippen molar-refractivity contribution < 1.29 is 14.6 Å². The monoisotopic (exact) mass is 360 g/mol. The predicted molar refractivity (Wildman–Crippen MR) is 103 cm³/mol. The zero-order valence-electron chi connectivity index (χ0n) is 14.4. The summed E-state index contributed by atoms with van der Waals surface area (Å²) in [7, 11) is 1.63. The van der Waals surface area contributed by atoms with E-state index in [2.05, 4.69) is 20.3 Å². The molecule has 0 aliphatic heterocycles. The summed E-state index contributed by atoms with van der Waals surface area (Å²) in [6.07, 6.45) is 1.46. The number of carboxylic acid groups (broad SMARTS) is 1. The van der Waals surface area contributed by atoms with E-state index in [-0.39, 0.29) is 5.56 Å². The van der Waals surface area contributed by atoms with Gasteiger partial charge in [0, 0.05) is 16.9 Å². The second kappa shape index (κ2) is 6.80. The van der Waals surface area contributed by atoms with Gasteiger partial charge in [0.1, 0.15) is 23.5 Å². The fraction of sp³-hybridized carbons (Fsp3) is 0.0500. The van der Waals surface area contributed by atoms with Gasteiger partial charge >= 0.3 is 5.97 Å². The standard InChI is InChI=1S/C20H16N4O3/c1-27-15-7-3-4-12(9-15)17-10-16-18(21-11-22-19(16)24-17)23-14-6-2-5-13(8-14)20(25)26/h2-11H,1H3,(H,25,26)(H2,21,22,23,24). The summed E-state index contributed by atoms with van der Waals surface area (Å²) in [5, 5.41) is 13.1. The molecule has 0 spiro atoms. The van der Waals surface area contributed by atoms with E-state index in [4.69, 9.17) is 9.84 Å². The molecular weight excluding hydrogens is 344 g/mol. The SMILES string of the molecule is COc1cccc(-c2cc3c(Nc4cccc(C(=O)O)c4)ncnc3[nH]2)c1. The first-order valence-electron chi connectivity index (χ1n) is 8.22. The van der Waals surface area contributed by atoms with Gasteiger partial charge in [-0.05, 0) is 36.4 Å². The average molecular weight is 360 g/mol. The van der Waals surface area contributed by atoms with Crippen LogP contribution in [-0.4, -0.2) is 33.1 Å². The van der Waals surface area contributed by atoms with Gasteiger partial charge in [0.2, 0.25) is 0 Å². The number of fused-ring (bicyclic) bond motifs is 1. The molecule has 134 valence electrons. The predicted octanol–water partition coefficient (Wildman–Crippen LogP) is 4.08. The van der Waals surface area contributed by atoms with Crippen molar-refractivity contribution in [3.63, 3.8) is 0 Å². The number of nitrogens with one attached hydrogen (secondary N) is 2. The molecule has 2 aromatic heterocycles. The summed E-state index contributed by atoms with van der Waals surface area (Å²) in [5.74, 6) is 0.377. The van der Waals surface area contributed by atoms with Gasteiger partial charge in [0.05, 0.1) is 18.1 Å². The fourth-order valence-corrected chi connectivity index (χ4v) is 2.85. The van der Waals surface area contributed by atoms with Gasteiger partial charge in [-0.1, -0.05) is 18.2 Å². The first-order chi connectivity index (χ1) is 13.1. The summed E-state index contributed by atoms with van der Waals surface area (Å²) in [5.41, 5.74) is 3.37. The normalized spacial score (nSPS) is 10.7. The molecule has 0 amide bonds. The van der Waals surface area contributed by atoms with Gasteiger partial charge in [0.15, 0.2) is 0 Å². The number of aromatic amines is 1. The van der Waals surface area contributed by atoms with Crippen molar-refractivity contribution in [1.82, 2.24) is 15.0 Å². The van der Waals surface area contributed by atoms with Crippen LogP contribution in [0.5, 0.6) is 5.75 Å². The molecule has 0 aliphatic rings. The molecule has 2 heterocycles. The Hall–Kier alpha value is -3.87. The molecule has 27 heavy (non-hydrogen) atoms. The summed E-state index contributed by atoms with van der Waals surface area (Å²) in [4.78, 5) is 23.0. The number of benzene rings is 2. The lowest BCUT2D eigenvalue weighted by atomic mass is 10.1. The number of rotatable bonds is 5. The molecule has 4 aromatic rings. The second-order valence-corrected chi connectivity index (χ2v) is 5.91. The van der Waals surface area contributed by atoms with E-state index in [9.17, 15) is 4.79 Å². The number of H-pyrrole nitrogens is 1. The van der Waals surface area contributed by atoms with Crippen LogP contribution in [0.2, 0.25) is 0 Å². The summed E-state index contributed by atoms with van der Waals surface area (Å²) in [6.45, 7) is 0. The number of carboxylic acids is 1. The minimum atomic E-state index is -0.978. The molecular formula is C20H16N4O3. The Morgan fingerprint density at radius 2 is 1.96 bits per heavy atom. The largest absolute Gasteiger partial charge is 0.497 e. The molecule has 0 saturated carbocycles. The maximum atomic E-state index is 11.2. The zero-order valence-corrected chi connectivity index (χ0v) is 14.4. The van der Waals surface area contributed by atoms with E-state index in [0.29, 0.717) is 17.2 Å². The van der Waals surface area contributed by atoms with Crippen LogP contribution in [0.15, 0.2) is 60.9 Å². The minimum Gasteiger partial charge on any atom is -0.497 e. The van der Waals surface area contributed by atoms with Crippen LogP contribution in [0, 0.1) is 0 Å². The van der Waals surface area contributed by atoms with Crippen LogP contribution >= 0.6 is 0 Å². The van der Waals surface area contributed by atoms with Crippen molar-refractivity contribution in [2.24, 2.45) is 0 Å². The molecule has 7 nitrogen and oxygen atoms in total. The molecule has 0 saturated heterocycles. The lowest BCUT2D eigenvalue weighted by Crippen LogP contribution is -1.99. The van der Waals surface area contributed by atoms with Gasteiger partial charge in [0.25, 0.3) is 0 Å². The number of anilines is 2. The van der Waals surface area contributed by atoms with Crippen molar-refractivity contribution in [2.45, 2.75) is 0 Å². The fourth-order valence-electron chi connectivity index (χ4n) is 2.85. The van der Waals surface area contributed by atoms with Crippen LogP contribution in [0.3, 0.4) is 0 Å². The van der Waals surface area contributed by atoms with Gasteiger partial charge < -0.3 is 20.1 Å². The smallest absolute Gasteiger partial charge is 0.335 e. The molecule has 0 aliphatic carbocycles. The highest BCUT2D eigenvalue weighted by molar-refractivity contribution is 5.94. The number of ether oxygens (including phenoxy) is 1. The maximum absolute atomic E-state index is 11.2. The van der Waals surface area contributed by atoms with Gasteiger partial charge in [-0.3, -0.25) is 0 Å². The Labute approximate surface area is 154 Å². The van der Waals surface area contributed by atoms with Crippen molar-refractivity contribution in [2.75, 3.05) is 12.4 Å². The van der Waals surface area contributed by atoms with E-state index in [1.807, 2.05) is 30.3 Å². The molecule has 0 atom stereocenters. The second-order valence-electron chi connectivity index (χ2n) is 5.91. The summed E-state index contributed by atoms with van der Waals surface area (Å²) >= 11 is 0. The Bertz CT molecular complexity index is 1140. The van der Waals surface area contributed by atoms with Crippen molar-refractivity contribution in [3.8, 4) is 17.0 Å². The average Bonchev–Trinajstić information content (AvgIpc) is 3.14. The third-order valence-electron chi connectivity index (χ3n) is 4.18.